The number of fused-ring (bicyclic) bond motifs is 1. The van der Waals surface area contributed by atoms with E-state index in [9.17, 15) is 19.5 Å². The van der Waals surface area contributed by atoms with E-state index < -0.39 is 18.0 Å². The van der Waals surface area contributed by atoms with Crippen molar-refractivity contribution in [2.24, 2.45) is 0 Å². The number of nitrogens with one attached hydrogen (secondary N) is 2. The highest BCUT2D eigenvalue weighted by atomic mass is 16.3. The summed E-state index contributed by atoms with van der Waals surface area (Å²) in [4.78, 5) is 42.1. The highest BCUT2D eigenvalue weighted by molar-refractivity contribution is 6.05. The van der Waals surface area contributed by atoms with Crippen LogP contribution >= 0.6 is 0 Å². The first kappa shape index (κ1) is 24.9. The van der Waals surface area contributed by atoms with Gasteiger partial charge in [-0.1, -0.05) is 48.5 Å². The van der Waals surface area contributed by atoms with Gasteiger partial charge in [-0.3, -0.25) is 9.59 Å². The van der Waals surface area contributed by atoms with Gasteiger partial charge in [0, 0.05) is 23.6 Å². The van der Waals surface area contributed by atoms with Crippen LogP contribution in [0.5, 0.6) is 0 Å². The van der Waals surface area contributed by atoms with Crippen LogP contribution in [0.15, 0.2) is 78.9 Å². The molecule has 186 valence electrons. The monoisotopic (exact) mass is 486 g/mol. The molecule has 0 fully saturated rings. The molecule has 3 N–H and O–H groups in total. The minimum absolute atomic E-state index is 0.142. The third-order valence-electron chi connectivity index (χ3n) is 6.10. The zero-order valence-electron chi connectivity index (χ0n) is 20.2. The summed E-state index contributed by atoms with van der Waals surface area (Å²) in [5, 5.41) is 15.0. The largest absolute Gasteiger partial charge is 0.389 e. The Labute approximate surface area is 210 Å². The minimum atomic E-state index is -0.666. The Hall–Kier alpha value is -4.17. The standard InChI is InChI=1S/C28H30N4O4/c1-20(33)22-10-7-12-23(17-22)30-28(36)29-18-26(34)32(24-13-3-2-4-14-24)19-27(35)31-16-8-11-21-9-5-6-15-25(21)31/h2-7,9-10,12-15,17,20,33H,8,11,16,18-19H2,1H3,(H2,29,30,36). The summed E-state index contributed by atoms with van der Waals surface area (Å²) in [5.41, 5.74) is 3.74. The summed E-state index contributed by atoms with van der Waals surface area (Å²) < 4.78 is 0. The Balaban J connectivity index is 1.43. The number of anilines is 3. The van der Waals surface area contributed by atoms with E-state index in [1.165, 1.54) is 4.90 Å². The smallest absolute Gasteiger partial charge is 0.319 e. The first-order valence-electron chi connectivity index (χ1n) is 12.0. The summed E-state index contributed by atoms with van der Waals surface area (Å²) in [6.07, 6.45) is 1.11. The molecule has 1 aliphatic heterocycles. The first-order chi connectivity index (χ1) is 17.4. The highest BCUT2D eigenvalue weighted by Crippen LogP contribution is 2.27. The number of aryl methyl sites for hydroxylation is 1. The summed E-state index contributed by atoms with van der Waals surface area (Å²) in [5.74, 6) is -0.591. The Morgan fingerprint density at radius 2 is 1.75 bits per heavy atom. The SMILES string of the molecule is CC(O)c1cccc(NC(=O)NCC(=O)N(CC(=O)N2CCCc3ccccc32)c2ccccc2)c1. The van der Waals surface area contributed by atoms with Crippen LogP contribution in [0.2, 0.25) is 0 Å². The average Bonchev–Trinajstić information content (AvgIpc) is 2.90. The maximum Gasteiger partial charge on any atom is 0.319 e. The second-order valence-corrected chi connectivity index (χ2v) is 8.70. The van der Waals surface area contributed by atoms with Crippen molar-refractivity contribution >= 4 is 34.9 Å². The number of amides is 4. The number of carbonyl (C=O) groups is 3. The molecule has 4 amide bonds. The second-order valence-electron chi connectivity index (χ2n) is 8.70. The number of carbonyl (C=O) groups excluding carboxylic acids is 3. The Morgan fingerprint density at radius 1 is 1.00 bits per heavy atom. The van der Waals surface area contributed by atoms with E-state index in [0.717, 1.165) is 24.1 Å². The van der Waals surface area contributed by atoms with Crippen LogP contribution in [0, 0.1) is 0 Å². The molecule has 36 heavy (non-hydrogen) atoms. The molecule has 3 aromatic carbocycles. The van der Waals surface area contributed by atoms with Crippen molar-refractivity contribution in [1.82, 2.24) is 5.32 Å². The fourth-order valence-corrected chi connectivity index (χ4v) is 4.25. The van der Waals surface area contributed by atoms with E-state index in [1.807, 2.05) is 30.3 Å². The number of hydrogen-bond acceptors (Lipinski definition) is 4. The van der Waals surface area contributed by atoms with Crippen LogP contribution < -0.4 is 20.4 Å². The molecule has 0 aliphatic carbocycles. The molecule has 1 unspecified atom stereocenters. The Kier molecular flexibility index (Phi) is 7.97. The van der Waals surface area contributed by atoms with Gasteiger partial charge in [-0.25, -0.2) is 4.79 Å². The molecule has 0 spiro atoms. The van der Waals surface area contributed by atoms with Gasteiger partial charge < -0.3 is 25.5 Å². The van der Waals surface area contributed by atoms with Crippen molar-refractivity contribution in [2.75, 3.05) is 34.8 Å². The molecule has 1 aliphatic rings. The molecule has 0 saturated carbocycles. The quantitative estimate of drug-likeness (QED) is 0.472. The molecular formula is C28H30N4O4. The van der Waals surface area contributed by atoms with E-state index in [1.54, 1.807) is 60.4 Å². The molecule has 1 heterocycles. The van der Waals surface area contributed by atoms with Gasteiger partial charge in [0.1, 0.15) is 6.54 Å². The lowest BCUT2D eigenvalue weighted by Gasteiger charge is -2.32. The zero-order chi connectivity index (χ0) is 25.5. The molecule has 1 atom stereocenters. The maximum absolute atomic E-state index is 13.3. The van der Waals surface area contributed by atoms with Crippen molar-refractivity contribution in [2.45, 2.75) is 25.9 Å². The number of aliphatic hydroxyl groups is 1. The molecular weight excluding hydrogens is 456 g/mol. The van der Waals surface area contributed by atoms with Gasteiger partial charge in [0.05, 0.1) is 12.6 Å². The third-order valence-corrected chi connectivity index (χ3v) is 6.10. The number of nitrogens with zero attached hydrogens (tertiary/aromatic N) is 2. The highest BCUT2D eigenvalue weighted by Gasteiger charge is 2.26. The van der Waals surface area contributed by atoms with E-state index in [4.69, 9.17) is 0 Å². The number of aliphatic hydroxyl groups excluding tert-OH is 1. The van der Waals surface area contributed by atoms with Crippen LogP contribution in [0.25, 0.3) is 0 Å². The molecule has 8 heteroatoms. The number of para-hydroxylation sites is 2. The fraction of sp³-hybridized carbons (Fsp3) is 0.250. The summed E-state index contributed by atoms with van der Waals surface area (Å²) >= 11 is 0. The van der Waals surface area contributed by atoms with E-state index in [-0.39, 0.29) is 19.0 Å². The first-order valence-corrected chi connectivity index (χ1v) is 12.0. The predicted molar refractivity (Wildman–Crippen MR) is 140 cm³/mol. The second kappa shape index (κ2) is 11.5. The van der Waals surface area contributed by atoms with Gasteiger partial charge >= 0.3 is 6.03 Å². The van der Waals surface area contributed by atoms with Crippen molar-refractivity contribution in [1.29, 1.82) is 0 Å². The normalized spacial score (nSPS) is 13.3. The number of rotatable bonds is 7. The van der Waals surface area contributed by atoms with Crippen molar-refractivity contribution < 1.29 is 19.5 Å². The summed E-state index contributed by atoms with van der Waals surface area (Å²) in [6, 6.07) is 23.1. The van der Waals surface area contributed by atoms with Crippen LogP contribution in [-0.2, 0) is 16.0 Å². The number of benzene rings is 3. The van der Waals surface area contributed by atoms with E-state index in [0.29, 0.717) is 23.5 Å². The summed E-state index contributed by atoms with van der Waals surface area (Å²) in [7, 11) is 0. The molecule has 4 rings (SSSR count). The summed E-state index contributed by atoms with van der Waals surface area (Å²) in [6.45, 7) is 1.80. The molecule has 0 radical (unpaired) electrons. The van der Waals surface area contributed by atoms with Crippen LogP contribution in [0.4, 0.5) is 21.9 Å². The lowest BCUT2D eigenvalue weighted by molar-refractivity contribution is -0.122. The Morgan fingerprint density at radius 3 is 2.53 bits per heavy atom. The van der Waals surface area contributed by atoms with Crippen molar-refractivity contribution in [3.8, 4) is 0 Å². The molecule has 8 nitrogen and oxygen atoms in total. The molecule has 0 bridgehead atoms. The van der Waals surface area contributed by atoms with Crippen molar-refractivity contribution in [3.05, 3.63) is 90.0 Å². The van der Waals surface area contributed by atoms with Gasteiger partial charge in [0.25, 0.3) is 0 Å². The van der Waals surface area contributed by atoms with Crippen LogP contribution in [0.3, 0.4) is 0 Å². The number of urea groups is 1. The van der Waals surface area contributed by atoms with Gasteiger partial charge in [-0.15, -0.1) is 0 Å². The minimum Gasteiger partial charge on any atom is -0.389 e. The average molecular weight is 487 g/mol. The third kappa shape index (κ3) is 6.09. The van der Waals surface area contributed by atoms with Gasteiger partial charge in [0.2, 0.25) is 11.8 Å². The topological polar surface area (TPSA) is 102 Å². The van der Waals surface area contributed by atoms with Gasteiger partial charge in [0.15, 0.2) is 0 Å². The lowest BCUT2D eigenvalue weighted by atomic mass is 10.0. The van der Waals surface area contributed by atoms with Crippen molar-refractivity contribution in [3.63, 3.8) is 0 Å². The van der Waals surface area contributed by atoms with Gasteiger partial charge in [-0.2, -0.15) is 0 Å². The zero-order valence-corrected chi connectivity index (χ0v) is 20.2. The van der Waals surface area contributed by atoms with Crippen LogP contribution in [0.1, 0.15) is 30.6 Å². The fourth-order valence-electron chi connectivity index (χ4n) is 4.25. The van der Waals surface area contributed by atoms with Gasteiger partial charge in [-0.05, 0) is 61.2 Å². The number of hydrogen-bond donors (Lipinski definition) is 3. The molecule has 0 aromatic heterocycles. The lowest BCUT2D eigenvalue weighted by Crippen LogP contribution is -2.48. The maximum atomic E-state index is 13.3. The molecule has 3 aromatic rings. The van der Waals surface area contributed by atoms with E-state index in [2.05, 4.69) is 10.6 Å². The predicted octanol–water partition coefficient (Wildman–Crippen LogP) is 3.87. The van der Waals surface area contributed by atoms with Crippen LogP contribution in [-0.4, -0.2) is 42.6 Å². The Bertz CT molecular complexity index is 1230. The van der Waals surface area contributed by atoms with E-state index >= 15 is 0 Å². The molecule has 0 saturated heterocycles.